The van der Waals surface area contributed by atoms with Gasteiger partial charge in [-0.2, -0.15) is 0 Å². The van der Waals surface area contributed by atoms with Gasteiger partial charge in [0.05, 0.1) is 5.92 Å². The molecule has 0 aromatic heterocycles. The highest BCUT2D eigenvalue weighted by Crippen LogP contribution is 2.31. The predicted octanol–water partition coefficient (Wildman–Crippen LogP) is 3.02. The molecule has 0 aliphatic carbocycles. The quantitative estimate of drug-likeness (QED) is 0.872. The Morgan fingerprint density at radius 1 is 1.33 bits per heavy atom. The van der Waals surface area contributed by atoms with Crippen molar-refractivity contribution >= 4 is 5.97 Å². The summed E-state index contributed by atoms with van der Waals surface area (Å²) in [5, 5.41) is 9.37. The summed E-state index contributed by atoms with van der Waals surface area (Å²) in [6.45, 7) is 6.03. The van der Waals surface area contributed by atoms with Crippen LogP contribution in [0.25, 0.3) is 0 Å². The van der Waals surface area contributed by atoms with Crippen molar-refractivity contribution < 1.29 is 9.90 Å². The van der Waals surface area contributed by atoms with Crippen molar-refractivity contribution in [3.63, 3.8) is 0 Å². The van der Waals surface area contributed by atoms with Crippen LogP contribution in [-0.4, -0.2) is 30.1 Å². The highest BCUT2D eigenvalue weighted by molar-refractivity contribution is 5.71. The van der Waals surface area contributed by atoms with Crippen molar-refractivity contribution in [1.29, 1.82) is 0 Å². The molecule has 0 saturated heterocycles. The Morgan fingerprint density at radius 2 is 1.94 bits per heavy atom. The van der Waals surface area contributed by atoms with Gasteiger partial charge in [0.2, 0.25) is 0 Å². The molecule has 1 aromatic carbocycles. The molecule has 3 heteroatoms. The van der Waals surface area contributed by atoms with Gasteiger partial charge in [-0.15, -0.1) is 0 Å². The lowest BCUT2D eigenvalue weighted by Crippen LogP contribution is -2.32. The van der Waals surface area contributed by atoms with Crippen LogP contribution in [-0.2, 0) is 4.79 Å². The van der Waals surface area contributed by atoms with E-state index < -0.39 is 5.97 Å². The molecule has 3 nitrogen and oxygen atoms in total. The Morgan fingerprint density at radius 3 is 2.33 bits per heavy atom. The van der Waals surface area contributed by atoms with E-state index in [0.717, 1.165) is 11.1 Å². The Hall–Kier alpha value is -1.35. The first-order valence-electron chi connectivity index (χ1n) is 6.34. The predicted molar refractivity (Wildman–Crippen MR) is 73.8 cm³/mol. The van der Waals surface area contributed by atoms with Gasteiger partial charge in [-0.1, -0.05) is 30.7 Å². The van der Waals surface area contributed by atoms with E-state index in [1.807, 2.05) is 38.9 Å². The third-order valence-electron chi connectivity index (χ3n) is 3.44. The van der Waals surface area contributed by atoms with Crippen molar-refractivity contribution in [2.45, 2.75) is 33.2 Å². The van der Waals surface area contributed by atoms with Crippen molar-refractivity contribution in [3.8, 4) is 0 Å². The van der Waals surface area contributed by atoms with E-state index >= 15 is 0 Å². The van der Waals surface area contributed by atoms with Crippen LogP contribution in [0.15, 0.2) is 18.2 Å². The number of carbonyl (C=O) groups is 1. The Kier molecular flexibility index (Phi) is 4.91. The van der Waals surface area contributed by atoms with Gasteiger partial charge >= 0.3 is 5.97 Å². The van der Waals surface area contributed by atoms with Crippen LogP contribution in [0, 0.1) is 19.8 Å². The minimum Gasteiger partial charge on any atom is -0.481 e. The first kappa shape index (κ1) is 14.7. The number of hydrogen-bond donors (Lipinski definition) is 1. The lowest BCUT2D eigenvalue weighted by Gasteiger charge is -2.31. The van der Waals surface area contributed by atoms with Crippen LogP contribution in [0.2, 0.25) is 0 Å². The molecule has 1 rings (SSSR count). The second-order valence-corrected chi connectivity index (χ2v) is 5.12. The smallest absolute Gasteiger partial charge is 0.308 e. The maximum atomic E-state index is 11.4. The summed E-state index contributed by atoms with van der Waals surface area (Å²) in [7, 11) is 3.88. The lowest BCUT2D eigenvalue weighted by molar-refractivity contribution is -0.144. The minimum atomic E-state index is -0.726. The third-order valence-corrected chi connectivity index (χ3v) is 3.44. The monoisotopic (exact) mass is 249 g/mol. The zero-order valence-electron chi connectivity index (χ0n) is 11.9. The molecule has 0 fully saturated rings. The fourth-order valence-electron chi connectivity index (χ4n) is 2.55. The highest BCUT2D eigenvalue weighted by Gasteiger charge is 2.30. The zero-order valence-corrected chi connectivity index (χ0v) is 11.9. The lowest BCUT2D eigenvalue weighted by atomic mass is 9.87. The number of nitrogens with zero attached hydrogens (tertiary/aromatic N) is 1. The molecule has 1 aromatic rings. The Bertz CT molecular complexity index is 427. The summed E-state index contributed by atoms with van der Waals surface area (Å²) in [5.41, 5.74) is 3.48. The normalized spacial score (nSPS) is 14.6. The first-order chi connectivity index (χ1) is 8.38. The second kappa shape index (κ2) is 6.01. The number of hydrogen-bond acceptors (Lipinski definition) is 2. The van der Waals surface area contributed by atoms with Crippen molar-refractivity contribution in [3.05, 3.63) is 34.9 Å². The summed E-state index contributed by atoms with van der Waals surface area (Å²) in [6.07, 6.45) is 0.630. The van der Waals surface area contributed by atoms with Crippen LogP contribution >= 0.6 is 0 Å². The maximum absolute atomic E-state index is 11.4. The van der Waals surface area contributed by atoms with E-state index in [4.69, 9.17) is 0 Å². The van der Waals surface area contributed by atoms with Gasteiger partial charge in [-0.25, -0.2) is 0 Å². The number of aryl methyl sites for hydroxylation is 2. The van der Waals surface area contributed by atoms with Crippen LogP contribution in [0.3, 0.4) is 0 Å². The van der Waals surface area contributed by atoms with E-state index in [-0.39, 0.29) is 12.0 Å². The second-order valence-electron chi connectivity index (χ2n) is 5.12. The number of aliphatic carboxylic acids is 1. The summed E-state index contributed by atoms with van der Waals surface area (Å²) in [4.78, 5) is 13.4. The number of rotatable bonds is 5. The standard InChI is InChI=1S/C15H23NO2/c1-6-12(15(17)18)14(16(4)5)13-8-7-10(2)9-11(13)3/h7-9,12,14H,6H2,1-5H3,(H,17,18). The Labute approximate surface area is 109 Å². The molecule has 0 aliphatic heterocycles. The SMILES string of the molecule is CCC(C(=O)O)C(c1ccc(C)cc1C)N(C)C. The summed E-state index contributed by atoms with van der Waals surface area (Å²) in [5.74, 6) is -1.10. The molecule has 1 N–H and O–H groups in total. The van der Waals surface area contributed by atoms with E-state index in [2.05, 4.69) is 19.1 Å². The Balaban J connectivity index is 3.23. The number of benzene rings is 1. The van der Waals surface area contributed by atoms with Crippen LogP contribution < -0.4 is 0 Å². The maximum Gasteiger partial charge on any atom is 0.308 e. The van der Waals surface area contributed by atoms with E-state index in [9.17, 15) is 9.90 Å². The molecule has 0 spiro atoms. The molecule has 2 atom stereocenters. The third kappa shape index (κ3) is 3.10. The van der Waals surface area contributed by atoms with Gasteiger partial charge < -0.3 is 10.0 Å². The van der Waals surface area contributed by atoms with E-state index in [1.165, 1.54) is 5.56 Å². The summed E-state index contributed by atoms with van der Waals surface area (Å²) in [6, 6.07) is 6.14. The van der Waals surface area contributed by atoms with Gasteiger partial charge in [0.15, 0.2) is 0 Å². The molecule has 0 saturated carbocycles. The molecular formula is C15H23NO2. The van der Waals surface area contributed by atoms with Gasteiger partial charge in [0.1, 0.15) is 0 Å². The number of carboxylic acids is 1. The molecule has 0 heterocycles. The summed E-state index contributed by atoms with van der Waals surface area (Å²) >= 11 is 0. The topological polar surface area (TPSA) is 40.5 Å². The van der Waals surface area contributed by atoms with E-state index in [1.54, 1.807) is 0 Å². The zero-order chi connectivity index (χ0) is 13.9. The first-order valence-corrected chi connectivity index (χ1v) is 6.34. The molecule has 0 aliphatic rings. The molecule has 0 radical (unpaired) electrons. The van der Waals surface area contributed by atoms with Gasteiger partial charge in [0, 0.05) is 6.04 Å². The van der Waals surface area contributed by atoms with E-state index in [0.29, 0.717) is 6.42 Å². The molecule has 18 heavy (non-hydrogen) atoms. The molecular weight excluding hydrogens is 226 g/mol. The van der Waals surface area contributed by atoms with Gasteiger partial charge in [0.25, 0.3) is 0 Å². The number of carboxylic acid groups (broad SMARTS) is 1. The van der Waals surface area contributed by atoms with Crippen molar-refractivity contribution in [2.75, 3.05) is 14.1 Å². The summed E-state index contributed by atoms with van der Waals surface area (Å²) < 4.78 is 0. The highest BCUT2D eigenvalue weighted by atomic mass is 16.4. The molecule has 2 unspecified atom stereocenters. The molecule has 0 bridgehead atoms. The minimum absolute atomic E-state index is 0.0758. The van der Waals surface area contributed by atoms with Crippen LogP contribution in [0.5, 0.6) is 0 Å². The molecule has 100 valence electrons. The fraction of sp³-hybridized carbons (Fsp3) is 0.533. The van der Waals surface area contributed by atoms with Crippen molar-refractivity contribution in [1.82, 2.24) is 4.90 Å². The van der Waals surface area contributed by atoms with Crippen LogP contribution in [0.4, 0.5) is 0 Å². The van der Waals surface area contributed by atoms with Crippen molar-refractivity contribution in [2.24, 2.45) is 5.92 Å². The van der Waals surface area contributed by atoms with Gasteiger partial charge in [-0.3, -0.25) is 4.79 Å². The molecule has 0 amide bonds. The fourth-order valence-corrected chi connectivity index (χ4v) is 2.55. The average Bonchev–Trinajstić information content (AvgIpc) is 2.26. The van der Waals surface area contributed by atoms with Gasteiger partial charge in [-0.05, 0) is 45.5 Å². The largest absolute Gasteiger partial charge is 0.481 e. The average molecular weight is 249 g/mol. The van der Waals surface area contributed by atoms with Crippen LogP contribution in [0.1, 0.15) is 36.1 Å².